The summed E-state index contributed by atoms with van der Waals surface area (Å²) in [4.78, 5) is 0. The molecule has 0 bridgehead atoms. The van der Waals surface area contributed by atoms with Gasteiger partial charge in [-0.3, -0.25) is 12.2 Å². The number of hydrogen-bond donors (Lipinski definition) is 0. The third-order valence-corrected chi connectivity index (χ3v) is 4.67. The number of rotatable bonds is 4. The van der Waals surface area contributed by atoms with Crippen molar-refractivity contribution >= 4 is 5.43 Å². The molecule has 172 valence electrons. The zero-order chi connectivity index (χ0) is 22.0. The monoisotopic (exact) mass is 544 g/mol. The summed E-state index contributed by atoms with van der Waals surface area (Å²) in [6.45, 7) is 22.7. The smallest absolute Gasteiger partial charge is 1.00 e. The first-order valence-electron chi connectivity index (χ1n) is 10.9. The van der Waals surface area contributed by atoms with Gasteiger partial charge in [0.1, 0.15) is 0 Å². The maximum Gasteiger partial charge on any atom is -1.00 e. The molecule has 0 saturated carbocycles. The Hall–Kier alpha value is 0.640. The molecule has 2 rings (SSSR count). The Morgan fingerprint density at radius 2 is 1.03 bits per heavy atom. The summed E-state index contributed by atoms with van der Waals surface area (Å²) in [5.74, 6) is 0. The van der Waals surface area contributed by atoms with Crippen molar-refractivity contribution in [3.8, 4) is 0 Å². The number of allylic oxidation sites excluding steroid dienone is 8. The normalized spacial score (nSPS) is 15.1. The molecule has 2 aliphatic rings. The summed E-state index contributed by atoms with van der Waals surface area (Å²) in [5.41, 5.74) is 6.79. The molecular formula is C26H44Cl2SiZr-2. The van der Waals surface area contributed by atoms with Crippen molar-refractivity contribution in [3.05, 3.63) is 46.6 Å². The zero-order valence-electron chi connectivity index (χ0n) is 21.2. The molecule has 0 heterocycles. The van der Waals surface area contributed by atoms with E-state index in [2.05, 4.69) is 92.8 Å². The Labute approximate surface area is 216 Å². The molecule has 0 saturated heterocycles. The Morgan fingerprint density at radius 3 is 1.20 bits per heavy atom. The summed E-state index contributed by atoms with van der Waals surface area (Å²) in [6, 6.07) is 0. The Morgan fingerprint density at radius 1 is 0.767 bits per heavy atom. The van der Waals surface area contributed by atoms with Crippen LogP contribution in [0.3, 0.4) is 0 Å². The molecule has 2 aliphatic carbocycles. The number of hydrogen-bond acceptors (Lipinski definition) is 0. The maximum atomic E-state index is 3.44. The predicted octanol–water partition coefficient (Wildman–Crippen LogP) is 2.58. The van der Waals surface area contributed by atoms with E-state index in [4.69, 9.17) is 0 Å². The van der Waals surface area contributed by atoms with Gasteiger partial charge in [-0.05, 0) is 10.8 Å². The van der Waals surface area contributed by atoms with Gasteiger partial charge in [0.15, 0.2) is 0 Å². The average molecular weight is 547 g/mol. The first-order valence-corrected chi connectivity index (χ1v) is 17.1. The molecule has 0 aromatic rings. The van der Waals surface area contributed by atoms with Crippen molar-refractivity contribution in [2.75, 3.05) is 0 Å². The molecule has 4 heteroatoms. The van der Waals surface area contributed by atoms with Gasteiger partial charge in [0, 0.05) is 0 Å². The van der Waals surface area contributed by atoms with E-state index in [-0.39, 0.29) is 30.2 Å². The van der Waals surface area contributed by atoms with Gasteiger partial charge in [-0.15, -0.1) is 12.8 Å². The summed E-state index contributed by atoms with van der Waals surface area (Å²) >= 11 is 1.74. The van der Waals surface area contributed by atoms with E-state index in [1.54, 1.807) is 23.3 Å². The molecule has 0 unspecified atom stereocenters. The van der Waals surface area contributed by atoms with Gasteiger partial charge in [-0.1, -0.05) is 81.1 Å². The largest absolute Gasteiger partial charge is 1.00 e. The van der Waals surface area contributed by atoms with Crippen molar-refractivity contribution in [2.24, 2.45) is 10.8 Å². The predicted molar refractivity (Wildman–Crippen MR) is 125 cm³/mol. The zero-order valence-corrected chi connectivity index (χ0v) is 26.1. The minimum absolute atomic E-state index is 0. The quantitative estimate of drug-likeness (QED) is 0.376. The van der Waals surface area contributed by atoms with Crippen LogP contribution >= 0.6 is 0 Å². The fourth-order valence-corrected chi connectivity index (χ4v) is 2.87. The van der Waals surface area contributed by atoms with Crippen molar-refractivity contribution in [1.29, 1.82) is 0 Å². The molecule has 0 spiro atoms. The molecule has 0 atom stereocenters. The minimum Gasteiger partial charge on any atom is -1.00 e. The van der Waals surface area contributed by atoms with E-state index < -0.39 is 0 Å². The van der Waals surface area contributed by atoms with Gasteiger partial charge in [-0.25, -0.2) is 23.3 Å². The maximum absolute atomic E-state index is 3.44. The van der Waals surface area contributed by atoms with Crippen LogP contribution in [0.1, 0.15) is 93.9 Å². The second kappa shape index (κ2) is 17.2. The van der Waals surface area contributed by atoms with Crippen LogP contribution in [-0.4, -0.2) is 5.43 Å². The first-order chi connectivity index (χ1) is 12.8. The number of halogens is 2. The third-order valence-electron chi connectivity index (χ3n) is 4.67. The van der Waals surface area contributed by atoms with Crippen molar-refractivity contribution in [1.82, 2.24) is 0 Å². The average Bonchev–Trinajstić information content (AvgIpc) is 3.16. The van der Waals surface area contributed by atoms with Crippen LogP contribution in [0.2, 0.25) is 13.1 Å². The van der Waals surface area contributed by atoms with Crippen molar-refractivity contribution in [2.45, 2.75) is 107 Å². The molecule has 0 aromatic carbocycles. The third kappa shape index (κ3) is 16.3. The van der Waals surface area contributed by atoms with Crippen LogP contribution in [0.4, 0.5) is 0 Å². The van der Waals surface area contributed by atoms with Gasteiger partial charge in [0.05, 0.1) is 0 Å². The minimum atomic E-state index is 0. The van der Waals surface area contributed by atoms with Crippen LogP contribution in [0.5, 0.6) is 0 Å². The van der Waals surface area contributed by atoms with Crippen molar-refractivity contribution in [3.63, 3.8) is 0 Å². The molecule has 0 N–H and O–H groups in total. The Balaban J connectivity index is -0.000000391. The fraction of sp³-hybridized carbons (Fsp3) is 0.692. The molecular weight excluding hydrogens is 503 g/mol. The summed E-state index contributed by atoms with van der Waals surface area (Å²) < 4.78 is 0. The van der Waals surface area contributed by atoms with Gasteiger partial charge in [0.2, 0.25) is 0 Å². The molecule has 0 nitrogen and oxygen atoms in total. The van der Waals surface area contributed by atoms with Crippen LogP contribution in [0.15, 0.2) is 34.4 Å². The van der Waals surface area contributed by atoms with E-state index in [1.807, 2.05) is 0 Å². The van der Waals surface area contributed by atoms with Crippen molar-refractivity contribution < 1.29 is 48.1 Å². The van der Waals surface area contributed by atoms with E-state index in [9.17, 15) is 0 Å². The van der Waals surface area contributed by atoms with E-state index in [0.717, 1.165) is 12.8 Å². The summed E-state index contributed by atoms with van der Waals surface area (Å²) in [5, 5.41) is 0. The fourth-order valence-electron chi connectivity index (χ4n) is 2.87. The molecule has 0 radical (unpaired) electrons. The van der Waals surface area contributed by atoms with Gasteiger partial charge in [-0.2, -0.15) is 11.1 Å². The molecule has 0 aliphatic heterocycles. The van der Waals surface area contributed by atoms with E-state index in [1.165, 1.54) is 48.0 Å². The van der Waals surface area contributed by atoms with Gasteiger partial charge in [0.25, 0.3) is 0 Å². The SMILES string of the molecule is CCCC1=[C-]CC(C(C)(C)C)=C1.CCCC1=[C-]CC(C(C)(C)C)=C1.C[Si](C)=[Zr+2].[Cl-].[Cl-]. The standard InChI is InChI=1S/2C12H19.C2H6Si.2ClH.Zr/c2*1-5-6-10-7-8-11(9-10)12(2,3)4;1-3-2;;;/h2*9H,5-6,8H2,1-4H3;1-2H3;2*1H;/q2*-1;;;;+2/p-2. The van der Waals surface area contributed by atoms with Gasteiger partial charge < -0.3 is 24.8 Å². The van der Waals surface area contributed by atoms with Crippen LogP contribution in [0.25, 0.3) is 0 Å². The summed E-state index contributed by atoms with van der Waals surface area (Å²) in [6.07, 6.45) is 18.5. The topological polar surface area (TPSA) is 0 Å². The molecule has 0 fully saturated rings. The second-order valence-corrected chi connectivity index (χ2v) is 19.5. The Bertz CT molecular complexity index is 572. The van der Waals surface area contributed by atoms with E-state index in [0.29, 0.717) is 10.8 Å². The van der Waals surface area contributed by atoms with Gasteiger partial charge >= 0.3 is 41.9 Å². The van der Waals surface area contributed by atoms with E-state index >= 15 is 0 Å². The first kappa shape index (κ1) is 35.2. The summed E-state index contributed by atoms with van der Waals surface area (Å²) in [7, 11) is 0. The molecule has 30 heavy (non-hydrogen) atoms. The van der Waals surface area contributed by atoms with Crippen LogP contribution in [-0.2, 0) is 23.3 Å². The van der Waals surface area contributed by atoms with Crippen LogP contribution < -0.4 is 24.8 Å². The molecule has 0 aromatic heterocycles. The second-order valence-electron chi connectivity index (χ2n) is 10.1. The molecule has 0 amide bonds. The Kier molecular flexibility index (Phi) is 20.2. The van der Waals surface area contributed by atoms with Crippen LogP contribution in [0, 0.1) is 23.0 Å².